The van der Waals surface area contributed by atoms with Gasteiger partial charge in [0.1, 0.15) is 6.61 Å². The van der Waals surface area contributed by atoms with Crippen molar-refractivity contribution in [1.82, 2.24) is 9.80 Å². The molecule has 3 fully saturated rings. The smallest absolute Gasteiger partial charge is 0.248 e. The van der Waals surface area contributed by atoms with Crippen LogP contribution in [0.2, 0.25) is 0 Å². The highest BCUT2D eigenvalue weighted by Crippen LogP contribution is 2.34. The SMILES string of the molecule is CN(C)C[C@@H]1CO[C@@H]2CN(C(=O)COC3CCCC3)C[C@H]12. The van der Waals surface area contributed by atoms with Gasteiger partial charge in [0.25, 0.3) is 0 Å². The van der Waals surface area contributed by atoms with E-state index < -0.39 is 0 Å². The first-order valence-corrected chi connectivity index (χ1v) is 8.29. The third kappa shape index (κ3) is 3.58. The fraction of sp³-hybridized carbons (Fsp3) is 0.938. The Balaban J connectivity index is 1.46. The maximum Gasteiger partial charge on any atom is 0.248 e. The van der Waals surface area contributed by atoms with E-state index in [1.54, 1.807) is 0 Å². The molecule has 3 aliphatic rings. The molecule has 0 aromatic heterocycles. The Kier molecular flexibility index (Phi) is 4.82. The van der Waals surface area contributed by atoms with E-state index >= 15 is 0 Å². The van der Waals surface area contributed by atoms with E-state index in [1.807, 2.05) is 4.90 Å². The molecule has 2 heterocycles. The van der Waals surface area contributed by atoms with Crippen molar-refractivity contribution in [2.24, 2.45) is 11.8 Å². The summed E-state index contributed by atoms with van der Waals surface area (Å²) in [6.07, 6.45) is 5.28. The largest absolute Gasteiger partial charge is 0.376 e. The number of hydrogen-bond donors (Lipinski definition) is 0. The van der Waals surface area contributed by atoms with Gasteiger partial charge in [-0.15, -0.1) is 0 Å². The van der Waals surface area contributed by atoms with E-state index in [1.165, 1.54) is 12.8 Å². The van der Waals surface area contributed by atoms with Gasteiger partial charge in [-0.3, -0.25) is 4.79 Å². The van der Waals surface area contributed by atoms with Crippen molar-refractivity contribution < 1.29 is 14.3 Å². The fourth-order valence-corrected chi connectivity index (χ4v) is 4.00. The van der Waals surface area contributed by atoms with E-state index in [0.29, 0.717) is 17.9 Å². The van der Waals surface area contributed by atoms with Crippen LogP contribution in [0.15, 0.2) is 0 Å². The van der Waals surface area contributed by atoms with Crippen molar-refractivity contribution in [2.45, 2.75) is 37.9 Å². The van der Waals surface area contributed by atoms with Crippen LogP contribution in [0.25, 0.3) is 0 Å². The van der Waals surface area contributed by atoms with Crippen molar-refractivity contribution in [1.29, 1.82) is 0 Å². The summed E-state index contributed by atoms with van der Waals surface area (Å²) in [5.74, 6) is 1.20. The summed E-state index contributed by atoms with van der Waals surface area (Å²) in [6.45, 7) is 3.73. The van der Waals surface area contributed by atoms with Gasteiger partial charge in [0.15, 0.2) is 0 Å². The third-order valence-corrected chi connectivity index (χ3v) is 5.14. The number of fused-ring (bicyclic) bond motifs is 1. The zero-order valence-corrected chi connectivity index (χ0v) is 13.3. The molecule has 0 bridgehead atoms. The lowest BCUT2D eigenvalue weighted by Gasteiger charge is -2.22. The van der Waals surface area contributed by atoms with E-state index in [2.05, 4.69) is 19.0 Å². The molecule has 2 aliphatic heterocycles. The van der Waals surface area contributed by atoms with Crippen molar-refractivity contribution in [2.75, 3.05) is 46.9 Å². The van der Waals surface area contributed by atoms with Crippen LogP contribution >= 0.6 is 0 Å². The van der Waals surface area contributed by atoms with Crippen LogP contribution in [0, 0.1) is 11.8 Å². The highest BCUT2D eigenvalue weighted by Gasteiger charge is 2.45. The maximum absolute atomic E-state index is 12.3. The van der Waals surface area contributed by atoms with Gasteiger partial charge in [0, 0.05) is 31.5 Å². The summed E-state index contributed by atoms with van der Waals surface area (Å²) in [6, 6.07) is 0. The summed E-state index contributed by atoms with van der Waals surface area (Å²) in [5, 5.41) is 0. The molecular formula is C16H28N2O3. The molecule has 1 saturated carbocycles. The van der Waals surface area contributed by atoms with Gasteiger partial charge >= 0.3 is 0 Å². The second kappa shape index (κ2) is 6.63. The van der Waals surface area contributed by atoms with Gasteiger partial charge in [-0.05, 0) is 26.9 Å². The number of carbonyl (C=O) groups excluding carboxylic acids is 1. The first-order valence-electron chi connectivity index (χ1n) is 8.29. The van der Waals surface area contributed by atoms with Gasteiger partial charge in [-0.1, -0.05) is 12.8 Å². The molecule has 21 heavy (non-hydrogen) atoms. The molecule has 0 N–H and O–H groups in total. The number of carbonyl (C=O) groups is 1. The Labute approximate surface area is 127 Å². The lowest BCUT2D eigenvalue weighted by molar-refractivity contribution is -0.137. The predicted octanol–water partition coefficient (Wildman–Crippen LogP) is 0.981. The summed E-state index contributed by atoms with van der Waals surface area (Å²) < 4.78 is 11.6. The molecule has 0 spiro atoms. The zero-order chi connectivity index (χ0) is 14.8. The molecule has 1 amide bonds. The molecule has 0 radical (unpaired) electrons. The van der Waals surface area contributed by atoms with E-state index in [9.17, 15) is 4.79 Å². The first-order chi connectivity index (χ1) is 10.1. The van der Waals surface area contributed by atoms with Crippen LogP contribution < -0.4 is 0 Å². The highest BCUT2D eigenvalue weighted by atomic mass is 16.5. The Morgan fingerprint density at radius 2 is 2.05 bits per heavy atom. The molecule has 0 aromatic carbocycles. The predicted molar refractivity (Wildman–Crippen MR) is 80.1 cm³/mol. The number of rotatable bonds is 5. The molecule has 5 heteroatoms. The van der Waals surface area contributed by atoms with Crippen molar-refractivity contribution in [3.8, 4) is 0 Å². The molecular weight excluding hydrogens is 268 g/mol. The Morgan fingerprint density at radius 1 is 1.29 bits per heavy atom. The summed E-state index contributed by atoms with van der Waals surface area (Å²) in [5.41, 5.74) is 0. The van der Waals surface area contributed by atoms with Crippen LogP contribution in [0.3, 0.4) is 0 Å². The lowest BCUT2D eigenvalue weighted by atomic mass is 9.93. The number of ether oxygens (including phenoxy) is 2. The van der Waals surface area contributed by atoms with Gasteiger partial charge < -0.3 is 19.3 Å². The standard InChI is InChI=1S/C16H28N2O3/c1-17(2)7-12-10-21-15-9-18(8-14(12)15)16(19)11-20-13-5-3-4-6-13/h12-15H,3-11H2,1-2H3/t12-,14-,15-/m1/s1. The molecule has 0 aromatic rings. The van der Waals surface area contributed by atoms with Gasteiger partial charge in [-0.25, -0.2) is 0 Å². The number of hydrogen-bond acceptors (Lipinski definition) is 4. The summed E-state index contributed by atoms with van der Waals surface area (Å²) >= 11 is 0. The van der Waals surface area contributed by atoms with Crippen LogP contribution in [-0.4, -0.2) is 74.9 Å². The van der Waals surface area contributed by atoms with Gasteiger partial charge in [0.05, 0.1) is 18.8 Å². The minimum Gasteiger partial charge on any atom is -0.376 e. The first kappa shape index (κ1) is 15.3. The van der Waals surface area contributed by atoms with Crippen molar-refractivity contribution >= 4 is 5.91 Å². The third-order valence-electron chi connectivity index (χ3n) is 5.14. The van der Waals surface area contributed by atoms with Gasteiger partial charge in [0.2, 0.25) is 5.91 Å². The Bertz CT molecular complexity index is 369. The van der Waals surface area contributed by atoms with Crippen LogP contribution in [0.5, 0.6) is 0 Å². The molecule has 120 valence electrons. The quantitative estimate of drug-likeness (QED) is 0.758. The minimum atomic E-state index is 0.142. The van der Waals surface area contributed by atoms with Crippen molar-refractivity contribution in [3.63, 3.8) is 0 Å². The zero-order valence-electron chi connectivity index (χ0n) is 13.3. The fourth-order valence-electron chi connectivity index (χ4n) is 4.00. The average molecular weight is 296 g/mol. The van der Waals surface area contributed by atoms with Gasteiger partial charge in [-0.2, -0.15) is 0 Å². The van der Waals surface area contributed by atoms with E-state index in [0.717, 1.165) is 39.1 Å². The molecule has 2 saturated heterocycles. The van der Waals surface area contributed by atoms with Crippen LogP contribution in [-0.2, 0) is 14.3 Å². The number of nitrogens with zero attached hydrogens (tertiary/aromatic N) is 2. The number of amides is 1. The molecule has 1 aliphatic carbocycles. The summed E-state index contributed by atoms with van der Waals surface area (Å²) in [7, 11) is 4.20. The monoisotopic (exact) mass is 296 g/mol. The van der Waals surface area contributed by atoms with Crippen LogP contribution in [0.4, 0.5) is 0 Å². The molecule has 3 rings (SSSR count). The maximum atomic E-state index is 12.3. The second-order valence-electron chi connectivity index (χ2n) is 7.07. The van der Waals surface area contributed by atoms with Crippen molar-refractivity contribution in [3.05, 3.63) is 0 Å². The lowest BCUT2D eigenvalue weighted by Crippen LogP contribution is -2.36. The Hall–Kier alpha value is -0.650. The summed E-state index contributed by atoms with van der Waals surface area (Å²) in [4.78, 5) is 16.5. The second-order valence-corrected chi connectivity index (χ2v) is 7.07. The normalized spacial score (nSPS) is 33.1. The van der Waals surface area contributed by atoms with E-state index in [-0.39, 0.29) is 18.6 Å². The van der Waals surface area contributed by atoms with Crippen LogP contribution in [0.1, 0.15) is 25.7 Å². The topological polar surface area (TPSA) is 42.0 Å². The highest BCUT2D eigenvalue weighted by molar-refractivity contribution is 5.77. The Morgan fingerprint density at radius 3 is 2.76 bits per heavy atom. The average Bonchev–Trinajstić information content (AvgIpc) is 3.13. The van der Waals surface area contributed by atoms with E-state index in [4.69, 9.17) is 9.47 Å². The molecule has 5 nitrogen and oxygen atoms in total. The number of likely N-dealkylation sites (tertiary alicyclic amines) is 1. The minimum absolute atomic E-state index is 0.142. The molecule has 0 unspecified atom stereocenters. The molecule has 3 atom stereocenters.